The Kier molecular flexibility index (Phi) is 4.29. The third kappa shape index (κ3) is 2.41. The predicted molar refractivity (Wildman–Crippen MR) is 138 cm³/mol. The lowest BCUT2D eigenvalue weighted by Gasteiger charge is -2.52. The second-order valence-electron chi connectivity index (χ2n) is 9.91. The first-order valence-corrected chi connectivity index (χ1v) is 12.3. The van der Waals surface area contributed by atoms with E-state index in [2.05, 4.69) is 0 Å². The van der Waals surface area contributed by atoms with Crippen molar-refractivity contribution in [2.45, 2.75) is 18.3 Å². The zero-order valence-electron chi connectivity index (χ0n) is 19.7. The van der Waals surface area contributed by atoms with Crippen LogP contribution < -0.4 is 4.90 Å². The molecule has 0 aromatic heterocycles. The van der Waals surface area contributed by atoms with Crippen LogP contribution in [-0.4, -0.2) is 17.6 Å². The number of hydrogen-bond donors (Lipinski definition) is 0. The number of amides is 2. The van der Waals surface area contributed by atoms with Crippen LogP contribution >= 0.6 is 0 Å². The number of benzene rings is 4. The number of rotatable bonds is 3. The van der Waals surface area contributed by atoms with Gasteiger partial charge in [0.25, 0.3) is 0 Å². The largest absolute Gasteiger partial charge is 0.299 e. The van der Waals surface area contributed by atoms with Crippen LogP contribution in [0.15, 0.2) is 103 Å². The first-order chi connectivity index (χ1) is 17.6. The Labute approximate surface area is 209 Å². The molecule has 0 radical (unpaired) electrons. The van der Waals surface area contributed by atoms with Gasteiger partial charge in [0, 0.05) is 11.5 Å². The molecule has 8 rings (SSSR count). The van der Waals surface area contributed by atoms with Crippen molar-refractivity contribution in [2.75, 3.05) is 4.90 Å². The van der Waals surface area contributed by atoms with Crippen molar-refractivity contribution >= 4 is 23.3 Å². The minimum Gasteiger partial charge on any atom is -0.299 e. The van der Waals surface area contributed by atoms with Crippen molar-refractivity contribution in [3.05, 3.63) is 125 Å². The van der Waals surface area contributed by atoms with Gasteiger partial charge in [-0.05, 0) is 40.8 Å². The van der Waals surface area contributed by atoms with E-state index in [0.29, 0.717) is 5.69 Å². The first kappa shape index (κ1) is 21.0. The summed E-state index contributed by atoms with van der Waals surface area (Å²) in [6, 6.07) is 33.0. The molecule has 36 heavy (non-hydrogen) atoms. The Balaban J connectivity index is 1.50. The molecule has 2 atom stereocenters. The van der Waals surface area contributed by atoms with Gasteiger partial charge in [0.15, 0.2) is 0 Å². The number of imide groups is 1. The van der Waals surface area contributed by atoms with Gasteiger partial charge in [-0.1, -0.05) is 97.1 Å². The van der Waals surface area contributed by atoms with E-state index in [9.17, 15) is 14.4 Å². The van der Waals surface area contributed by atoms with Gasteiger partial charge in [0.1, 0.15) is 5.78 Å². The fourth-order valence-electron chi connectivity index (χ4n) is 7.14. The number of Topliss-reactive ketones (excluding diaryl/α,β-unsaturated/α-hetero) is 1. The van der Waals surface area contributed by atoms with Gasteiger partial charge >= 0.3 is 0 Å². The van der Waals surface area contributed by atoms with E-state index in [1.165, 1.54) is 4.90 Å². The predicted octanol–water partition coefficient (Wildman–Crippen LogP) is 5.49. The van der Waals surface area contributed by atoms with Crippen LogP contribution in [0.5, 0.6) is 0 Å². The lowest BCUT2D eigenvalue weighted by molar-refractivity contribution is -0.132. The summed E-state index contributed by atoms with van der Waals surface area (Å²) < 4.78 is 0. The Morgan fingerprint density at radius 2 is 1.25 bits per heavy atom. The Morgan fingerprint density at radius 3 is 1.89 bits per heavy atom. The molecule has 3 aliphatic carbocycles. The maximum Gasteiger partial charge on any atom is 0.239 e. The average molecular weight is 470 g/mol. The Bertz CT molecular complexity index is 1540. The molecule has 2 amide bonds. The minimum atomic E-state index is -1.18. The van der Waals surface area contributed by atoms with Crippen molar-refractivity contribution in [3.8, 4) is 11.1 Å². The average Bonchev–Trinajstić information content (AvgIpc) is 3.19. The molecule has 174 valence electrons. The fourth-order valence-corrected chi connectivity index (χ4v) is 7.14. The quantitative estimate of drug-likeness (QED) is 0.373. The highest BCUT2D eigenvalue weighted by Crippen LogP contribution is 2.64. The molecule has 1 fully saturated rings. The molecular formula is C32H23NO3. The maximum absolute atomic E-state index is 14.4. The smallest absolute Gasteiger partial charge is 0.239 e. The van der Waals surface area contributed by atoms with Crippen molar-refractivity contribution < 1.29 is 14.4 Å². The van der Waals surface area contributed by atoms with Crippen molar-refractivity contribution in [1.82, 2.24) is 0 Å². The number of carbonyl (C=O) groups excluding carboxylic acids is 3. The number of carbonyl (C=O) groups is 3. The van der Waals surface area contributed by atoms with Crippen LogP contribution in [-0.2, 0) is 19.8 Å². The monoisotopic (exact) mass is 469 g/mol. The Hall–Kier alpha value is -4.31. The molecule has 0 N–H and O–H groups in total. The summed E-state index contributed by atoms with van der Waals surface area (Å²) in [5.41, 5.74) is 4.81. The van der Waals surface area contributed by atoms with Gasteiger partial charge in [-0.3, -0.25) is 14.4 Å². The van der Waals surface area contributed by atoms with E-state index in [1.54, 1.807) is 6.92 Å². The highest BCUT2D eigenvalue weighted by molar-refractivity contribution is 6.26. The second-order valence-corrected chi connectivity index (χ2v) is 9.91. The number of hydrogen-bond acceptors (Lipinski definition) is 3. The fraction of sp³-hybridized carbons (Fsp3) is 0.156. The standard InChI is InChI=1S/C32H23NO3/c1-19(34)32-24-16-8-5-14-22(24)27(23-15-6-9-17-25(23)32)28-29(32)31(36)33(30(28)35)26-18-10-7-13-21(26)20-11-3-2-4-12-20/h2-18,27-29H,1H3. The normalized spacial score (nSPS) is 25.4. The van der Waals surface area contributed by atoms with Crippen molar-refractivity contribution in [1.29, 1.82) is 0 Å². The van der Waals surface area contributed by atoms with Crippen molar-refractivity contribution in [2.24, 2.45) is 11.8 Å². The van der Waals surface area contributed by atoms with Crippen LogP contribution in [0.2, 0.25) is 0 Å². The summed E-state index contributed by atoms with van der Waals surface area (Å²) in [4.78, 5) is 43.8. The van der Waals surface area contributed by atoms with E-state index in [0.717, 1.165) is 33.4 Å². The summed E-state index contributed by atoms with van der Waals surface area (Å²) in [5.74, 6) is -2.30. The van der Waals surface area contributed by atoms with E-state index in [1.807, 2.05) is 103 Å². The lowest BCUT2D eigenvalue weighted by atomic mass is 9.46. The summed E-state index contributed by atoms with van der Waals surface area (Å²) in [7, 11) is 0. The van der Waals surface area contributed by atoms with Crippen LogP contribution in [0.1, 0.15) is 35.1 Å². The summed E-state index contributed by atoms with van der Waals surface area (Å²) in [6.45, 7) is 1.56. The zero-order valence-corrected chi connectivity index (χ0v) is 19.7. The zero-order chi connectivity index (χ0) is 24.6. The lowest BCUT2D eigenvalue weighted by Crippen LogP contribution is -2.57. The molecule has 2 bridgehead atoms. The van der Waals surface area contributed by atoms with E-state index >= 15 is 0 Å². The van der Waals surface area contributed by atoms with Gasteiger partial charge in [-0.25, -0.2) is 4.90 Å². The molecule has 1 saturated heterocycles. The number of ketones is 1. The molecule has 4 aromatic carbocycles. The number of nitrogens with zero attached hydrogens (tertiary/aromatic N) is 1. The van der Waals surface area contributed by atoms with Crippen LogP contribution in [0.4, 0.5) is 5.69 Å². The topological polar surface area (TPSA) is 54.5 Å². The van der Waals surface area contributed by atoms with Gasteiger partial charge in [0.2, 0.25) is 11.8 Å². The van der Waals surface area contributed by atoms with Gasteiger partial charge in [-0.2, -0.15) is 0 Å². The summed E-state index contributed by atoms with van der Waals surface area (Å²) in [5, 5.41) is 0. The third-order valence-corrected chi connectivity index (χ3v) is 8.40. The maximum atomic E-state index is 14.4. The van der Waals surface area contributed by atoms with Crippen LogP contribution in [0, 0.1) is 11.8 Å². The van der Waals surface area contributed by atoms with Gasteiger partial charge in [-0.15, -0.1) is 0 Å². The minimum absolute atomic E-state index is 0.102. The number of anilines is 1. The molecule has 4 heteroatoms. The van der Waals surface area contributed by atoms with Gasteiger partial charge < -0.3 is 0 Å². The molecular weight excluding hydrogens is 446 g/mol. The first-order valence-electron chi connectivity index (χ1n) is 12.3. The van der Waals surface area contributed by atoms with Crippen LogP contribution in [0.3, 0.4) is 0 Å². The molecule has 2 unspecified atom stereocenters. The van der Waals surface area contributed by atoms with Crippen molar-refractivity contribution in [3.63, 3.8) is 0 Å². The van der Waals surface area contributed by atoms with Gasteiger partial charge in [0.05, 0.1) is 22.9 Å². The molecule has 4 aromatic rings. The third-order valence-electron chi connectivity index (χ3n) is 8.40. The highest BCUT2D eigenvalue weighted by Gasteiger charge is 2.70. The molecule has 0 saturated carbocycles. The number of para-hydroxylation sites is 1. The molecule has 4 nitrogen and oxygen atoms in total. The van der Waals surface area contributed by atoms with E-state index in [4.69, 9.17) is 0 Å². The van der Waals surface area contributed by atoms with E-state index < -0.39 is 17.3 Å². The highest BCUT2D eigenvalue weighted by atomic mass is 16.2. The molecule has 1 heterocycles. The molecule has 4 aliphatic rings. The van der Waals surface area contributed by atoms with E-state index in [-0.39, 0.29) is 23.5 Å². The second kappa shape index (κ2) is 7.34. The van der Waals surface area contributed by atoms with Crippen LogP contribution in [0.25, 0.3) is 11.1 Å². The molecule has 0 spiro atoms. The molecule has 1 aliphatic heterocycles. The SMILES string of the molecule is CC(=O)C12c3ccccc3C(c3ccccc31)C1C(=O)N(c3ccccc3-c3ccccc3)C(=O)C12. The summed E-state index contributed by atoms with van der Waals surface area (Å²) in [6.07, 6.45) is 0. The summed E-state index contributed by atoms with van der Waals surface area (Å²) >= 11 is 0. The Morgan fingerprint density at radius 1 is 0.694 bits per heavy atom.